The van der Waals surface area contributed by atoms with Gasteiger partial charge in [0.15, 0.2) is 19.7 Å². The van der Waals surface area contributed by atoms with E-state index in [0.717, 1.165) is 0 Å². The van der Waals surface area contributed by atoms with E-state index in [4.69, 9.17) is 0 Å². The van der Waals surface area contributed by atoms with Gasteiger partial charge in [-0.15, -0.1) is 0 Å². The quantitative estimate of drug-likeness (QED) is 0.224. The molecule has 0 aliphatic carbocycles. The molecular formula is C32H26O6S2. The second-order valence-electron chi connectivity index (χ2n) is 9.43. The summed E-state index contributed by atoms with van der Waals surface area (Å²) in [4.78, 5) is 0.111. The van der Waals surface area contributed by atoms with Crippen molar-refractivity contribution in [3.8, 4) is 33.8 Å². The molecule has 0 aromatic heterocycles. The van der Waals surface area contributed by atoms with Crippen molar-refractivity contribution >= 4 is 19.7 Å². The zero-order chi connectivity index (χ0) is 28.3. The van der Waals surface area contributed by atoms with Crippen LogP contribution >= 0.6 is 0 Å². The molecule has 0 saturated heterocycles. The van der Waals surface area contributed by atoms with Crippen molar-refractivity contribution in [3.63, 3.8) is 0 Å². The number of phenolic OH excluding ortho intramolecular Hbond substituents is 2. The van der Waals surface area contributed by atoms with Crippen LogP contribution in [-0.4, -0.2) is 27.0 Å². The van der Waals surface area contributed by atoms with Crippen LogP contribution in [0.1, 0.15) is 11.1 Å². The van der Waals surface area contributed by atoms with E-state index in [1.165, 1.54) is 36.4 Å². The fourth-order valence-corrected chi connectivity index (χ4v) is 7.25. The maximum atomic E-state index is 13.3. The first kappa shape index (κ1) is 27.2. The molecule has 0 aliphatic heterocycles. The van der Waals surface area contributed by atoms with E-state index >= 15 is 0 Å². The maximum absolute atomic E-state index is 13.3. The average Bonchev–Trinajstić information content (AvgIpc) is 2.94. The van der Waals surface area contributed by atoms with Crippen LogP contribution in [0.4, 0.5) is 0 Å². The number of sulfone groups is 2. The number of hydrogen-bond acceptors (Lipinski definition) is 6. The molecule has 0 bridgehead atoms. The van der Waals surface area contributed by atoms with Crippen LogP contribution in [0.25, 0.3) is 22.3 Å². The Morgan fingerprint density at radius 2 is 0.850 bits per heavy atom. The van der Waals surface area contributed by atoms with Crippen molar-refractivity contribution in [1.82, 2.24) is 0 Å². The number of phenols is 2. The van der Waals surface area contributed by atoms with E-state index in [1.807, 2.05) is 12.1 Å². The smallest absolute Gasteiger partial charge is 0.182 e. The molecule has 0 fully saturated rings. The van der Waals surface area contributed by atoms with Gasteiger partial charge < -0.3 is 10.2 Å². The van der Waals surface area contributed by atoms with Crippen LogP contribution in [0.5, 0.6) is 11.5 Å². The summed E-state index contributed by atoms with van der Waals surface area (Å²) >= 11 is 0. The topological polar surface area (TPSA) is 109 Å². The highest BCUT2D eigenvalue weighted by Gasteiger charge is 2.21. The molecule has 0 atom stereocenters. The van der Waals surface area contributed by atoms with E-state index in [2.05, 4.69) is 0 Å². The summed E-state index contributed by atoms with van der Waals surface area (Å²) in [5, 5.41) is 20.6. The third kappa shape index (κ3) is 5.93. The first-order chi connectivity index (χ1) is 19.1. The minimum absolute atomic E-state index is 0.0259. The van der Waals surface area contributed by atoms with E-state index in [9.17, 15) is 27.0 Å². The molecule has 0 amide bonds. The van der Waals surface area contributed by atoms with Crippen LogP contribution in [0.2, 0.25) is 0 Å². The van der Waals surface area contributed by atoms with Crippen molar-refractivity contribution in [2.24, 2.45) is 0 Å². The third-order valence-corrected chi connectivity index (χ3v) is 9.90. The van der Waals surface area contributed by atoms with Crippen molar-refractivity contribution in [2.45, 2.75) is 21.3 Å². The van der Waals surface area contributed by atoms with E-state index in [1.54, 1.807) is 72.8 Å². The standard InChI is InChI=1S/C32H26O6S2/c33-31-16-14-27(19-29(31)25-10-3-1-4-11-25)39(35,36)21-23-8-7-9-24(18-23)22-40(37,38)28-15-17-32(34)30(20-28)26-12-5-2-6-13-26/h1-20,33-34H,21-22H2. The van der Waals surface area contributed by atoms with Crippen LogP contribution < -0.4 is 0 Å². The summed E-state index contributed by atoms with van der Waals surface area (Å²) in [5.41, 5.74) is 3.08. The van der Waals surface area contributed by atoms with Gasteiger partial charge in [0.2, 0.25) is 0 Å². The monoisotopic (exact) mass is 570 g/mol. The SMILES string of the molecule is O=S(=O)(Cc1cccc(CS(=O)(=O)c2ccc(O)c(-c3ccccc3)c2)c1)c1ccc(O)c(-c2ccccc2)c1. The predicted molar refractivity (Wildman–Crippen MR) is 155 cm³/mol. The van der Waals surface area contributed by atoms with Crippen LogP contribution in [0.15, 0.2) is 131 Å². The fraction of sp³-hybridized carbons (Fsp3) is 0.0625. The second-order valence-corrected chi connectivity index (χ2v) is 13.4. The van der Waals surface area contributed by atoms with Gasteiger partial charge in [-0.1, -0.05) is 84.9 Å². The van der Waals surface area contributed by atoms with Gasteiger partial charge in [-0.25, -0.2) is 16.8 Å². The highest BCUT2D eigenvalue weighted by molar-refractivity contribution is 7.91. The summed E-state index contributed by atoms with van der Waals surface area (Å²) in [7, 11) is -7.61. The zero-order valence-electron chi connectivity index (χ0n) is 21.3. The van der Waals surface area contributed by atoms with Gasteiger partial charge in [-0.3, -0.25) is 0 Å². The molecule has 5 rings (SSSR count). The molecule has 202 valence electrons. The van der Waals surface area contributed by atoms with E-state index in [-0.39, 0.29) is 32.8 Å². The summed E-state index contributed by atoms with van der Waals surface area (Å²) < 4.78 is 53.2. The third-order valence-electron chi connectivity index (χ3n) is 6.53. The normalized spacial score (nSPS) is 11.8. The number of hydrogen-bond donors (Lipinski definition) is 2. The molecule has 0 aliphatic rings. The Kier molecular flexibility index (Phi) is 7.47. The molecule has 2 N–H and O–H groups in total. The van der Waals surface area contributed by atoms with Crippen molar-refractivity contribution < 1.29 is 27.0 Å². The largest absolute Gasteiger partial charge is 0.507 e. The first-order valence-electron chi connectivity index (χ1n) is 12.4. The molecule has 0 radical (unpaired) electrons. The van der Waals surface area contributed by atoms with Crippen molar-refractivity contribution in [2.75, 3.05) is 0 Å². The van der Waals surface area contributed by atoms with Gasteiger partial charge in [0.05, 0.1) is 21.3 Å². The molecular weight excluding hydrogens is 544 g/mol. The summed E-state index contributed by atoms with van der Waals surface area (Å²) in [6.07, 6.45) is 0. The highest BCUT2D eigenvalue weighted by atomic mass is 32.2. The number of benzene rings is 5. The fourth-order valence-electron chi connectivity index (χ4n) is 4.53. The lowest BCUT2D eigenvalue weighted by molar-refractivity contribution is 0.476. The number of aromatic hydroxyl groups is 2. The summed E-state index contributed by atoms with van der Waals surface area (Å²) in [5.74, 6) is -0.724. The molecule has 6 nitrogen and oxygen atoms in total. The second kappa shape index (κ2) is 11.0. The number of rotatable bonds is 8. The lowest BCUT2D eigenvalue weighted by Gasteiger charge is -2.11. The molecule has 8 heteroatoms. The van der Waals surface area contributed by atoms with Gasteiger partial charge >= 0.3 is 0 Å². The molecule has 0 unspecified atom stereocenters. The van der Waals surface area contributed by atoms with Crippen LogP contribution in [0, 0.1) is 0 Å². The lowest BCUT2D eigenvalue weighted by Crippen LogP contribution is -2.08. The molecule has 5 aromatic carbocycles. The lowest BCUT2D eigenvalue weighted by atomic mass is 10.1. The summed E-state index contributed by atoms with van der Waals surface area (Å²) in [6.45, 7) is 0. The van der Waals surface area contributed by atoms with Gasteiger partial charge in [0, 0.05) is 11.1 Å². The molecule has 0 heterocycles. The minimum Gasteiger partial charge on any atom is -0.507 e. The highest BCUT2D eigenvalue weighted by Crippen LogP contribution is 2.34. The molecule has 40 heavy (non-hydrogen) atoms. The van der Waals surface area contributed by atoms with Crippen LogP contribution in [-0.2, 0) is 31.2 Å². The van der Waals surface area contributed by atoms with E-state index < -0.39 is 19.7 Å². The summed E-state index contributed by atoms with van der Waals surface area (Å²) in [6, 6.07) is 32.8. The Labute approximate surface area is 233 Å². The Hall–Kier alpha value is -4.40. The first-order valence-corrected chi connectivity index (χ1v) is 15.7. The average molecular weight is 571 g/mol. The Bertz CT molecular complexity index is 1750. The van der Waals surface area contributed by atoms with E-state index in [0.29, 0.717) is 33.4 Å². The maximum Gasteiger partial charge on any atom is 0.182 e. The zero-order valence-corrected chi connectivity index (χ0v) is 22.9. The molecule has 0 spiro atoms. The van der Waals surface area contributed by atoms with Gasteiger partial charge in [0.25, 0.3) is 0 Å². The van der Waals surface area contributed by atoms with Crippen molar-refractivity contribution in [3.05, 3.63) is 132 Å². The van der Waals surface area contributed by atoms with Crippen LogP contribution in [0.3, 0.4) is 0 Å². The molecule has 5 aromatic rings. The minimum atomic E-state index is -3.80. The van der Waals surface area contributed by atoms with Gasteiger partial charge in [-0.2, -0.15) is 0 Å². The Morgan fingerprint density at radius 3 is 1.25 bits per heavy atom. The van der Waals surface area contributed by atoms with Gasteiger partial charge in [0.1, 0.15) is 11.5 Å². The predicted octanol–water partition coefficient (Wildman–Crippen LogP) is 6.38. The van der Waals surface area contributed by atoms with Gasteiger partial charge in [-0.05, 0) is 58.7 Å². The Morgan fingerprint density at radius 1 is 0.450 bits per heavy atom. The molecule has 0 saturated carbocycles. The Balaban J connectivity index is 1.39. The van der Waals surface area contributed by atoms with Crippen molar-refractivity contribution in [1.29, 1.82) is 0 Å².